The van der Waals surface area contributed by atoms with E-state index in [4.69, 9.17) is 16.7 Å². The van der Waals surface area contributed by atoms with Crippen LogP contribution in [0.25, 0.3) is 11.3 Å². The first-order chi connectivity index (χ1) is 8.41. The number of aromatic hydroxyl groups is 1. The average Bonchev–Trinajstić information content (AvgIpc) is 2.69. The number of rotatable bonds is 2. The molecule has 2 aromatic rings. The maximum absolute atomic E-state index is 13.9. The third kappa shape index (κ3) is 1.91. The molecule has 0 unspecified atom stereocenters. The number of benzene rings is 1. The molecule has 0 saturated carbocycles. The predicted octanol–water partition coefficient (Wildman–Crippen LogP) is 2.28. The van der Waals surface area contributed by atoms with Gasteiger partial charge in [-0.1, -0.05) is 11.6 Å². The number of halogens is 2. The molecule has 1 aromatic heterocycles. The second-order valence-electron chi connectivity index (χ2n) is 3.60. The first-order valence-electron chi connectivity index (χ1n) is 4.86. The molecule has 0 bridgehead atoms. The number of hydrogen-bond acceptors (Lipinski definition) is 3. The largest absolute Gasteiger partial charge is 0.506 e. The maximum Gasteiger partial charge on any atom is 0.356 e. The number of carbonyl (C=O) groups is 1. The van der Waals surface area contributed by atoms with Crippen molar-refractivity contribution in [2.75, 3.05) is 0 Å². The molecule has 0 aliphatic rings. The zero-order valence-corrected chi connectivity index (χ0v) is 9.94. The molecule has 0 radical (unpaired) electrons. The minimum Gasteiger partial charge on any atom is -0.506 e. The third-order valence-corrected chi connectivity index (χ3v) is 2.80. The number of aromatic carboxylic acids is 1. The van der Waals surface area contributed by atoms with Crippen molar-refractivity contribution in [3.05, 3.63) is 34.7 Å². The van der Waals surface area contributed by atoms with Crippen LogP contribution in [-0.4, -0.2) is 26.0 Å². The Kier molecular flexibility index (Phi) is 2.96. The van der Waals surface area contributed by atoms with E-state index in [9.17, 15) is 14.3 Å². The number of phenolic OH excluding ortho intramolecular Hbond substituents is 1. The van der Waals surface area contributed by atoms with Gasteiger partial charge in [-0.25, -0.2) is 9.18 Å². The van der Waals surface area contributed by atoms with E-state index in [1.165, 1.54) is 29.9 Å². The van der Waals surface area contributed by atoms with E-state index in [2.05, 4.69) is 5.10 Å². The summed E-state index contributed by atoms with van der Waals surface area (Å²) < 4.78 is 15.1. The van der Waals surface area contributed by atoms with Crippen LogP contribution >= 0.6 is 11.6 Å². The number of nitrogens with zero attached hydrogens (tertiary/aromatic N) is 2. The van der Waals surface area contributed by atoms with Crippen molar-refractivity contribution in [3.8, 4) is 17.0 Å². The summed E-state index contributed by atoms with van der Waals surface area (Å²) in [4.78, 5) is 10.8. The highest BCUT2D eigenvalue weighted by atomic mass is 35.5. The lowest BCUT2D eigenvalue weighted by atomic mass is 10.1. The molecule has 0 amide bonds. The van der Waals surface area contributed by atoms with Crippen molar-refractivity contribution in [1.29, 1.82) is 0 Å². The highest BCUT2D eigenvalue weighted by Crippen LogP contribution is 2.33. The number of carboxylic acid groups (broad SMARTS) is 1. The molecule has 0 atom stereocenters. The molecule has 7 heteroatoms. The Bertz CT molecular complexity index is 639. The molecule has 0 fully saturated rings. The molecule has 1 heterocycles. The van der Waals surface area contributed by atoms with Crippen LogP contribution in [0.1, 0.15) is 10.5 Å². The van der Waals surface area contributed by atoms with E-state index in [0.717, 1.165) is 0 Å². The fraction of sp³-hybridized carbons (Fsp3) is 0.0909. The topological polar surface area (TPSA) is 75.4 Å². The van der Waals surface area contributed by atoms with Gasteiger partial charge in [0.05, 0.1) is 5.69 Å². The van der Waals surface area contributed by atoms with Crippen LogP contribution in [0.15, 0.2) is 18.2 Å². The van der Waals surface area contributed by atoms with Crippen LogP contribution in [0.4, 0.5) is 4.39 Å². The van der Waals surface area contributed by atoms with Gasteiger partial charge < -0.3 is 10.2 Å². The van der Waals surface area contributed by atoms with Gasteiger partial charge in [0, 0.05) is 12.6 Å². The van der Waals surface area contributed by atoms with Gasteiger partial charge in [-0.3, -0.25) is 4.68 Å². The Hall–Kier alpha value is -2.08. The molecule has 2 rings (SSSR count). The number of aryl methyl sites for hydroxylation is 1. The van der Waals surface area contributed by atoms with Gasteiger partial charge in [-0.15, -0.1) is 0 Å². The highest BCUT2D eigenvalue weighted by molar-refractivity contribution is 6.32. The van der Waals surface area contributed by atoms with Crippen molar-refractivity contribution in [2.45, 2.75) is 0 Å². The van der Waals surface area contributed by atoms with Crippen LogP contribution in [0, 0.1) is 5.82 Å². The van der Waals surface area contributed by atoms with Gasteiger partial charge in [0.2, 0.25) is 0 Å². The van der Waals surface area contributed by atoms with Crippen molar-refractivity contribution >= 4 is 17.6 Å². The Labute approximate surface area is 106 Å². The molecule has 0 aliphatic carbocycles. The van der Waals surface area contributed by atoms with Gasteiger partial charge in [-0.2, -0.15) is 5.10 Å². The summed E-state index contributed by atoms with van der Waals surface area (Å²) in [6, 6.07) is 3.77. The zero-order chi connectivity index (χ0) is 13.4. The normalized spacial score (nSPS) is 10.6. The SMILES string of the molecule is Cn1nc(C(=O)O)cc1-c1ccc(O)c(Cl)c1F. The standard InChI is InChI=1S/C11H8ClFN2O3/c1-15-7(4-6(14-15)11(17)18)5-2-3-8(16)9(12)10(5)13/h2-4,16H,1H3,(H,17,18). The minimum absolute atomic E-state index is 0.0697. The summed E-state index contributed by atoms with van der Waals surface area (Å²) >= 11 is 5.58. The van der Waals surface area contributed by atoms with Crippen molar-refractivity contribution in [2.24, 2.45) is 7.05 Å². The molecule has 1 aromatic carbocycles. The van der Waals surface area contributed by atoms with E-state index in [1.807, 2.05) is 0 Å². The lowest BCUT2D eigenvalue weighted by molar-refractivity contribution is 0.0689. The van der Waals surface area contributed by atoms with Crippen molar-refractivity contribution in [1.82, 2.24) is 9.78 Å². The zero-order valence-electron chi connectivity index (χ0n) is 9.19. The average molecular weight is 271 g/mol. The fourth-order valence-corrected chi connectivity index (χ4v) is 1.73. The first-order valence-corrected chi connectivity index (χ1v) is 5.24. The van der Waals surface area contributed by atoms with Crippen LogP contribution in [0.3, 0.4) is 0 Å². The molecule has 0 spiro atoms. The molecular weight excluding hydrogens is 263 g/mol. The van der Waals surface area contributed by atoms with Crippen LogP contribution in [0.5, 0.6) is 5.75 Å². The quantitative estimate of drug-likeness (QED) is 0.878. The van der Waals surface area contributed by atoms with E-state index >= 15 is 0 Å². The smallest absolute Gasteiger partial charge is 0.356 e. The molecule has 94 valence electrons. The summed E-state index contributed by atoms with van der Waals surface area (Å²) in [5.41, 5.74) is 0.128. The second-order valence-corrected chi connectivity index (χ2v) is 3.98. The number of hydrogen-bond donors (Lipinski definition) is 2. The lowest BCUT2D eigenvalue weighted by Crippen LogP contribution is -1.99. The third-order valence-electron chi connectivity index (χ3n) is 2.44. The number of carboxylic acids is 1. The monoisotopic (exact) mass is 270 g/mol. The Morgan fingerprint density at radius 3 is 2.72 bits per heavy atom. The first kappa shape index (κ1) is 12.4. The molecule has 0 aliphatic heterocycles. The number of phenols is 1. The summed E-state index contributed by atoms with van der Waals surface area (Å²) in [7, 11) is 1.49. The van der Waals surface area contributed by atoms with Gasteiger partial charge in [0.15, 0.2) is 11.5 Å². The summed E-state index contributed by atoms with van der Waals surface area (Å²) in [6.07, 6.45) is 0. The van der Waals surface area contributed by atoms with Crippen LogP contribution in [-0.2, 0) is 7.05 Å². The van der Waals surface area contributed by atoms with Crippen LogP contribution in [0.2, 0.25) is 5.02 Å². The van der Waals surface area contributed by atoms with Crippen molar-refractivity contribution in [3.63, 3.8) is 0 Å². The minimum atomic E-state index is -1.21. The maximum atomic E-state index is 13.9. The van der Waals surface area contributed by atoms with Crippen molar-refractivity contribution < 1.29 is 19.4 Å². The predicted molar refractivity (Wildman–Crippen MR) is 62.2 cm³/mol. The molecule has 0 saturated heterocycles. The summed E-state index contributed by atoms with van der Waals surface area (Å²) in [6.45, 7) is 0. The summed E-state index contributed by atoms with van der Waals surface area (Å²) in [5.74, 6) is -2.41. The Morgan fingerprint density at radius 2 is 2.17 bits per heavy atom. The summed E-state index contributed by atoms with van der Waals surface area (Å²) in [5, 5.41) is 21.4. The Balaban J connectivity index is 2.62. The van der Waals surface area contributed by atoms with Gasteiger partial charge in [0.25, 0.3) is 0 Å². The lowest BCUT2D eigenvalue weighted by Gasteiger charge is -2.06. The van der Waals surface area contributed by atoms with E-state index in [1.54, 1.807) is 0 Å². The molecule has 5 nitrogen and oxygen atoms in total. The second kappa shape index (κ2) is 4.30. The Morgan fingerprint density at radius 1 is 1.50 bits per heavy atom. The van der Waals surface area contributed by atoms with E-state index in [-0.39, 0.29) is 22.7 Å². The number of aromatic nitrogens is 2. The highest BCUT2D eigenvalue weighted by Gasteiger charge is 2.18. The van der Waals surface area contributed by atoms with E-state index < -0.39 is 16.8 Å². The molecule has 18 heavy (non-hydrogen) atoms. The van der Waals surface area contributed by atoms with E-state index in [0.29, 0.717) is 0 Å². The van der Waals surface area contributed by atoms with Gasteiger partial charge >= 0.3 is 5.97 Å². The van der Waals surface area contributed by atoms with Gasteiger partial charge in [-0.05, 0) is 18.2 Å². The van der Waals surface area contributed by atoms with Crippen LogP contribution < -0.4 is 0 Å². The molecular formula is C11H8ClFN2O3. The molecule has 2 N–H and O–H groups in total. The fourth-order valence-electron chi connectivity index (χ4n) is 1.56. The van der Waals surface area contributed by atoms with Gasteiger partial charge in [0.1, 0.15) is 10.8 Å².